The zero-order valence-corrected chi connectivity index (χ0v) is 7.75. The summed E-state index contributed by atoms with van der Waals surface area (Å²) in [6.07, 6.45) is 3.29. The monoisotopic (exact) mass is 154 g/mol. The highest BCUT2D eigenvalue weighted by molar-refractivity contribution is 5.62. The van der Waals surface area contributed by atoms with E-state index in [-0.39, 0.29) is 0 Å². The minimum Gasteiger partial charge on any atom is -0.297 e. The van der Waals surface area contributed by atoms with Gasteiger partial charge in [0, 0.05) is 25.2 Å². The topological polar surface area (TPSA) is 15.6 Å². The summed E-state index contributed by atoms with van der Waals surface area (Å²) in [7, 11) is 0. The number of hydrogen-bond donors (Lipinski definition) is 0. The van der Waals surface area contributed by atoms with Gasteiger partial charge in [0.25, 0.3) is 0 Å². The molecule has 1 atom stereocenters. The molecule has 1 heterocycles. The quantitative estimate of drug-likeness (QED) is 0.607. The van der Waals surface area contributed by atoms with Crippen LogP contribution in [0.15, 0.2) is 5.10 Å². The van der Waals surface area contributed by atoms with E-state index >= 15 is 0 Å². The molecular formula is C9H18N2. The summed E-state index contributed by atoms with van der Waals surface area (Å²) >= 11 is 0. The molecule has 0 aromatic rings. The SMILES string of the molecule is CCCN1CC(C(C)C)C=N1. The summed E-state index contributed by atoms with van der Waals surface area (Å²) in [5.41, 5.74) is 0. The van der Waals surface area contributed by atoms with Crippen molar-refractivity contribution >= 4 is 6.21 Å². The average molecular weight is 154 g/mol. The van der Waals surface area contributed by atoms with Gasteiger partial charge >= 0.3 is 0 Å². The van der Waals surface area contributed by atoms with Gasteiger partial charge in [0.05, 0.1) is 0 Å². The standard InChI is InChI=1S/C9H18N2/c1-4-5-11-7-9(6-10-11)8(2)3/h6,8-9H,4-5,7H2,1-3H3. The maximum Gasteiger partial charge on any atom is 0.0441 e. The number of hydrogen-bond acceptors (Lipinski definition) is 2. The fraction of sp³-hybridized carbons (Fsp3) is 0.889. The Morgan fingerprint density at radius 2 is 2.36 bits per heavy atom. The summed E-state index contributed by atoms with van der Waals surface area (Å²) in [5.74, 6) is 1.42. The van der Waals surface area contributed by atoms with Crippen molar-refractivity contribution in [3.05, 3.63) is 0 Å². The van der Waals surface area contributed by atoms with Crippen LogP contribution < -0.4 is 0 Å². The van der Waals surface area contributed by atoms with E-state index in [0.717, 1.165) is 19.0 Å². The van der Waals surface area contributed by atoms with E-state index in [2.05, 4.69) is 37.1 Å². The number of hydrazone groups is 1. The minimum atomic E-state index is 0.682. The molecule has 1 aliphatic heterocycles. The Morgan fingerprint density at radius 1 is 1.64 bits per heavy atom. The van der Waals surface area contributed by atoms with Crippen LogP contribution in [0.1, 0.15) is 27.2 Å². The van der Waals surface area contributed by atoms with E-state index in [1.165, 1.54) is 6.42 Å². The van der Waals surface area contributed by atoms with Crippen LogP contribution in [0.4, 0.5) is 0 Å². The van der Waals surface area contributed by atoms with E-state index in [4.69, 9.17) is 0 Å². The third kappa shape index (κ3) is 2.21. The zero-order chi connectivity index (χ0) is 8.27. The molecule has 0 saturated heterocycles. The van der Waals surface area contributed by atoms with Gasteiger partial charge in [-0.3, -0.25) is 5.01 Å². The van der Waals surface area contributed by atoms with Crippen LogP contribution in [0.5, 0.6) is 0 Å². The van der Waals surface area contributed by atoms with Gasteiger partial charge in [-0.2, -0.15) is 5.10 Å². The fourth-order valence-corrected chi connectivity index (χ4v) is 1.31. The molecule has 0 radical (unpaired) electrons. The van der Waals surface area contributed by atoms with Gasteiger partial charge in [-0.05, 0) is 12.3 Å². The first-order valence-electron chi connectivity index (χ1n) is 4.53. The summed E-state index contributed by atoms with van der Waals surface area (Å²) in [6.45, 7) is 8.95. The molecule has 0 amide bonds. The summed E-state index contributed by atoms with van der Waals surface area (Å²) < 4.78 is 0. The molecule has 11 heavy (non-hydrogen) atoms. The number of rotatable bonds is 3. The van der Waals surface area contributed by atoms with Crippen molar-refractivity contribution in [3.8, 4) is 0 Å². The molecule has 2 heteroatoms. The molecule has 0 fully saturated rings. The molecule has 1 unspecified atom stereocenters. The molecule has 2 nitrogen and oxygen atoms in total. The molecular weight excluding hydrogens is 136 g/mol. The van der Waals surface area contributed by atoms with Crippen molar-refractivity contribution in [1.29, 1.82) is 0 Å². The van der Waals surface area contributed by atoms with E-state index in [9.17, 15) is 0 Å². The Balaban J connectivity index is 2.31. The van der Waals surface area contributed by atoms with Gasteiger partial charge in [-0.1, -0.05) is 20.8 Å². The first-order valence-corrected chi connectivity index (χ1v) is 4.53. The van der Waals surface area contributed by atoms with Crippen molar-refractivity contribution in [3.63, 3.8) is 0 Å². The maximum absolute atomic E-state index is 4.34. The normalized spacial score (nSPS) is 23.6. The third-order valence-electron chi connectivity index (χ3n) is 2.18. The molecule has 1 rings (SSSR count). The van der Waals surface area contributed by atoms with Gasteiger partial charge in [-0.25, -0.2) is 0 Å². The van der Waals surface area contributed by atoms with Crippen LogP contribution >= 0.6 is 0 Å². The Hall–Kier alpha value is -0.530. The van der Waals surface area contributed by atoms with E-state index in [1.54, 1.807) is 0 Å². The lowest BCUT2D eigenvalue weighted by molar-refractivity contribution is 0.277. The fourth-order valence-electron chi connectivity index (χ4n) is 1.31. The predicted molar refractivity (Wildman–Crippen MR) is 48.7 cm³/mol. The maximum atomic E-state index is 4.34. The first-order chi connectivity index (χ1) is 5.24. The smallest absolute Gasteiger partial charge is 0.0441 e. The van der Waals surface area contributed by atoms with Crippen LogP contribution in [-0.4, -0.2) is 24.3 Å². The highest BCUT2D eigenvalue weighted by atomic mass is 15.5. The second-order valence-corrected chi connectivity index (χ2v) is 3.59. The Labute approximate surface area is 69.3 Å². The average Bonchev–Trinajstić information content (AvgIpc) is 2.37. The van der Waals surface area contributed by atoms with Gasteiger partial charge in [0.1, 0.15) is 0 Å². The lowest BCUT2D eigenvalue weighted by Crippen LogP contribution is -2.21. The van der Waals surface area contributed by atoms with Crippen molar-refractivity contribution in [2.45, 2.75) is 27.2 Å². The minimum absolute atomic E-state index is 0.682. The van der Waals surface area contributed by atoms with Crippen molar-refractivity contribution in [2.75, 3.05) is 13.1 Å². The molecule has 64 valence electrons. The van der Waals surface area contributed by atoms with Crippen LogP contribution in [-0.2, 0) is 0 Å². The van der Waals surface area contributed by atoms with Gasteiger partial charge < -0.3 is 0 Å². The molecule has 0 aliphatic carbocycles. The van der Waals surface area contributed by atoms with Gasteiger partial charge in [0.15, 0.2) is 0 Å². The third-order valence-corrected chi connectivity index (χ3v) is 2.18. The van der Waals surface area contributed by atoms with E-state index in [1.807, 2.05) is 0 Å². The van der Waals surface area contributed by atoms with Crippen molar-refractivity contribution < 1.29 is 0 Å². The largest absolute Gasteiger partial charge is 0.297 e. The summed E-state index contributed by atoms with van der Waals surface area (Å²) in [5, 5.41) is 6.51. The van der Waals surface area contributed by atoms with Crippen LogP contribution in [0.3, 0.4) is 0 Å². The van der Waals surface area contributed by atoms with Crippen LogP contribution in [0, 0.1) is 11.8 Å². The highest BCUT2D eigenvalue weighted by Crippen LogP contribution is 2.16. The lowest BCUT2D eigenvalue weighted by atomic mass is 9.98. The Kier molecular flexibility index (Phi) is 2.92. The number of nitrogens with zero attached hydrogens (tertiary/aromatic N) is 2. The molecule has 0 bridgehead atoms. The molecule has 0 saturated carbocycles. The molecule has 0 aromatic heterocycles. The molecule has 0 aromatic carbocycles. The summed E-state index contributed by atoms with van der Waals surface area (Å²) in [6, 6.07) is 0. The Bertz CT molecular complexity index is 140. The van der Waals surface area contributed by atoms with E-state index < -0.39 is 0 Å². The summed E-state index contributed by atoms with van der Waals surface area (Å²) in [4.78, 5) is 0. The highest BCUT2D eigenvalue weighted by Gasteiger charge is 2.19. The van der Waals surface area contributed by atoms with Crippen molar-refractivity contribution in [2.24, 2.45) is 16.9 Å². The molecule has 0 N–H and O–H groups in total. The van der Waals surface area contributed by atoms with Crippen LogP contribution in [0.2, 0.25) is 0 Å². The van der Waals surface area contributed by atoms with Gasteiger partial charge in [-0.15, -0.1) is 0 Å². The predicted octanol–water partition coefficient (Wildman–Crippen LogP) is 1.97. The lowest BCUT2D eigenvalue weighted by Gasteiger charge is -2.16. The Morgan fingerprint density at radius 3 is 2.82 bits per heavy atom. The second-order valence-electron chi connectivity index (χ2n) is 3.59. The van der Waals surface area contributed by atoms with Gasteiger partial charge in [0.2, 0.25) is 0 Å². The molecule has 0 spiro atoms. The molecule has 1 aliphatic rings. The van der Waals surface area contributed by atoms with Crippen molar-refractivity contribution in [1.82, 2.24) is 5.01 Å². The second kappa shape index (κ2) is 3.74. The zero-order valence-electron chi connectivity index (χ0n) is 7.75. The van der Waals surface area contributed by atoms with E-state index in [0.29, 0.717) is 5.92 Å². The first kappa shape index (κ1) is 8.57. The van der Waals surface area contributed by atoms with Crippen LogP contribution in [0.25, 0.3) is 0 Å².